The van der Waals surface area contributed by atoms with Gasteiger partial charge >= 0.3 is 0 Å². The van der Waals surface area contributed by atoms with Gasteiger partial charge in [0, 0.05) is 12.6 Å². The molecule has 5 heteroatoms. The number of aryl methyl sites for hydroxylation is 1. The Hall–Kier alpha value is -1.46. The van der Waals surface area contributed by atoms with Crippen molar-refractivity contribution in [2.24, 2.45) is 7.05 Å². The van der Waals surface area contributed by atoms with E-state index in [1.807, 2.05) is 38.2 Å². The molecular formula is C11H13N3OS. The fraction of sp³-hybridized carbons (Fsp3) is 0.273. The van der Waals surface area contributed by atoms with Gasteiger partial charge in [0.15, 0.2) is 10.6 Å². The molecule has 84 valence electrons. The fourth-order valence-electron chi connectivity index (χ4n) is 1.64. The number of benzene rings is 1. The molecule has 0 saturated carbocycles. The summed E-state index contributed by atoms with van der Waals surface area (Å²) in [6.07, 6.45) is 0. The zero-order chi connectivity index (χ0) is 11.7. The van der Waals surface area contributed by atoms with Gasteiger partial charge in [-0.25, -0.2) is 4.68 Å². The van der Waals surface area contributed by atoms with Crippen LogP contribution in [0, 0.1) is 11.7 Å². The largest absolute Gasteiger partial charge is 0.374 e. The van der Waals surface area contributed by atoms with Crippen molar-refractivity contribution in [1.29, 1.82) is 0 Å². The van der Waals surface area contributed by atoms with Crippen molar-refractivity contribution in [3.8, 4) is 11.4 Å². The van der Waals surface area contributed by atoms with Crippen LogP contribution >= 0.6 is 12.2 Å². The summed E-state index contributed by atoms with van der Waals surface area (Å²) in [5.41, 5.74) is 2.17. The van der Waals surface area contributed by atoms with Gasteiger partial charge in [0.1, 0.15) is 6.73 Å². The van der Waals surface area contributed by atoms with Crippen LogP contribution < -0.4 is 0 Å². The molecule has 0 aliphatic carbocycles. The molecule has 0 unspecified atom stereocenters. The van der Waals surface area contributed by atoms with Crippen LogP contribution in [0.3, 0.4) is 0 Å². The molecule has 0 amide bonds. The quantitative estimate of drug-likeness (QED) is 0.808. The molecule has 0 atom stereocenters. The normalized spacial score (nSPS) is 10.7. The van der Waals surface area contributed by atoms with E-state index in [2.05, 4.69) is 5.10 Å². The molecular weight excluding hydrogens is 222 g/mol. The number of rotatable bonds is 2. The molecule has 1 N–H and O–H groups in total. The van der Waals surface area contributed by atoms with Crippen LogP contribution in [0.5, 0.6) is 0 Å². The Labute approximate surface area is 98.8 Å². The smallest absolute Gasteiger partial charge is 0.200 e. The van der Waals surface area contributed by atoms with Crippen molar-refractivity contribution in [2.45, 2.75) is 13.7 Å². The minimum Gasteiger partial charge on any atom is -0.374 e. The van der Waals surface area contributed by atoms with Crippen molar-refractivity contribution in [2.75, 3.05) is 0 Å². The van der Waals surface area contributed by atoms with E-state index < -0.39 is 0 Å². The monoisotopic (exact) mass is 235 g/mol. The second-order valence-electron chi connectivity index (χ2n) is 3.62. The lowest BCUT2D eigenvalue weighted by Gasteiger charge is -2.03. The summed E-state index contributed by atoms with van der Waals surface area (Å²) in [6.45, 7) is 1.83. The number of hydrogen-bond acceptors (Lipinski definition) is 3. The standard InChI is InChI=1S/C11H13N3OS/c1-8-5-3-4-6-9(8)10-12-14(7-15)11(16)13(10)2/h3-6,15H,7H2,1-2H3. The summed E-state index contributed by atoms with van der Waals surface area (Å²) in [6, 6.07) is 7.96. The first-order valence-electron chi connectivity index (χ1n) is 4.96. The maximum absolute atomic E-state index is 9.09. The second kappa shape index (κ2) is 4.19. The van der Waals surface area contributed by atoms with E-state index in [1.165, 1.54) is 4.68 Å². The maximum atomic E-state index is 9.09. The zero-order valence-electron chi connectivity index (χ0n) is 9.21. The molecule has 2 aromatic rings. The van der Waals surface area contributed by atoms with Crippen molar-refractivity contribution in [1.82, 2.24) is 14.3 Å². The van der Waals surface area contributed by atoms with Crippen LogP contribution in [0.1, 0.15) is 5.56 Å². The highest BCUT2D eigenvalue weighted by atomic mass is 32.1. The third kappa shape index (κ3) is 1.68. The zero-order valence-corrected chi connectivity index (χ0v) is 10.0. The molecule has 1 heterocycles. The van der Waals surface area contributed by atoms with E-state index in [0.29, 0.717) is 4.77 Å². The average molecular weight is 235 g/mol. The average Bonchev–Trinajstić information content (AvgIpc) is 2.57. The lowest BCUT2D eigenvalue weighted by Crippen LogP contribution is -1.99. The summed E-state index contributed by atoms with van der Waals surface area (Å²) < 4.78 is 3.71. The Morgan fingerprint density at radius 2 is 2.06 bits per heavy atom. The van der Waals surface area contributed by atoms with E-state index in [4.69, 9.17) is 17.3 Å². The van der Waals surface area contributed by atoms with Gasteiger partial charge in [-0.2, -0.15) is 0 Å². The van der Waals surface area contributed by atoms with Crippen LogP contribution in [0.15, 0.2) is 24.3 Å². The highest BCUT2D eigenvalue weighted by molar-refractivity contribution is 7.71. The van der Waals surface area contributed by atoms with Gasteiger partial charge in [0.25, 0.3) is 0 Å². The first kappa shape index (κ1) is 11.0. The molecule has 0 saturated heterocycles. The van der Waals surface area contributed by atoms with Gasteiger partial charge in [0.2, 0.25) is 0 Å². The third-order valence-electron chi connectivity index (χ3n) is 2.56. The van der Waals surface area contributed by atoms with E-state index in [-0.39, 0.29) is 6.73 Å². The van der Waals surface area contributed by atoms with E-state index in [1.54, 1.807) is 4.57 Å². The van der Waals surface area contributed by atoms with Crippen LogP contribution in [0.25, 0.3) is 11.4 Å². The topological polar surface area (TPSA) is 43.0 Å². The highest BCUT2D eigenvalue weighted by Crippen LogP contribution is 2.20. The summed E-state index contributed by atoms with van der Waals surface area (Å²) in [4.78, 5) is 0. The first-order valence-corrected chi connectivity index (χ1v) is 5.36. The second-order valence-corrected chi connectivity index (χ2v) is 3.99. The summed E-state index contributed by atoms with van der Waals surface area (Å²) in [5, 5.41) is 13.4. The Balaban J connectivity index is 2.66. The van der Waals surface area contributed by atoms with Crippen molar-refractivity contribution in [3.63, 3.8) is 0 Å². The molecule has 16 heavy (non-hydrogen) atoms. The van der Waals surface area contributed by atoms with Gasteiger partial charge in [0.05, 0.1) is 0 Å². The minimum atomic E-state index is -0.196. The molecule has 0 fully saturated rings. The SMILES string of the molecule is Cc1ccccc1-c1nn(CO)c(=S)n1C. The summed E-state index contributed by atoms with van der Waals surface area (Å²) >= 11 is 5.16. The van der Waals surface area contributed by atoms with Crippen molar-refractivity contribution < 1.29 is 5.11 Å². The van der Waals surface area contributed by atoms with Gasteiger partial charge < -0.3 is 9.67 Å². The molecule has 0 bridgehead atoms. The van der Waals surface area contributed by atoms with E-state index in [0.717, 1.165) is 17.0 Å². The van der Waals surface area contributed by atoms with Gasteiger partial charge in [-0.05, 0) is 24.7 Å². The van der Waals surface area contributed by atoms with Gasteiger partial charge in [-0.3, -0.25) is 0 Å². The van der Waals surface area contributed by atoms with Crippen LogP contribution in [0.2, 0.25) is 0 Å². The lowest BCUT2D eigenvalue weighted by molar-refractivity contribution is 0.193. The Kier molecular flexibility index (Phi) is 2.89. The van der Waals surface area contributed by atoms with E-state index >= 15 is 0 Å². The summed E-state index contributed by atoms with van der Waals surface area (Å²) in [7, 11) is 1.85. The highest BCUT2D eigenvalue weighted by Gasteiger charge is 2.10. The maximum Gasteiger partial charge on any atom is 0.200 e. The minimum absolute atomic E-state index is 0.196. The predicted molar refractivity (Wildman–Crippen MR) is 64.4 cm³/mol. The number of aliphatic hydroxyl groups is 1. The van der Waals surface area contributed by atoms with Gasteiger partial charge in [-0.1, -0.05) is 24.3 Å². The van der Waals surface area contributed by atoms with Gasteiger partial charge in [-0.15, -0.1) is 5.10 Å². The van der Waals surface area contributed by atoms with Crippen molar-refractivity contribution >= 4 is 12.2 Å². The molecule has 4 nitrogen and oxygen atoms in total. The Morgan fingerprint density at radius 1 is 1.38 bits per heavy atom. The predicted octanol–water partition coefficient (Wildman–Crippen LogP) is 1.88. The molecule has 0 aliphatic rings. The fourth-order valence-corrected chi connectivity index (χ4v) is 1.82. The molecule has 0 aliphatic heterocycles. The Bertz CT molecular complexity index is 571. The van der Waals surface area contributed by atoms with Crippen LogP contribution in [-0.2, 0) is 13.8 Å². The van der Waals surface area contributed by atoms with Crippen molar-refractivity contribution in [3.05, 3.63) is 34.6 Å². The molecule has 0 spiro atoms. The first-order chi connectivity index (χ1) is 7.65. The lowest BCUT2D eigenvalue weighted by atomic mass is 10.1. The molecule has 2 rings (SSSR count). The molecule has 0 radical (unpaired) electrons. The number of hydrogen-bond donors (Lipinski definition) is 1. The molecule has 1 aromatic heterocycles. The Morgan fingerprint density at radius 3 is 2.62 bits per heavy atom. The van der Waals surface area contributed by atoms with Crippen LogP contribution in [-0.4, -0.2) is 19.5 Å². The summed E-state index contributed by atoms with van der Waals surface area (Å²) in [5.74, 6) is 0.775. The molecule has 1 aromatic carbocycles. The van der Waals surface area contributed by atoms with E-state index in [9.17, 15) is 0 Å². The van der Waals surface area contributed by atoms with Crippen LogP contribution in [0.4, 0.5) is 0 Å². The third-order valence-corrected chi connectivity index (χ3v) is 3.05. The number of aromatic nitrogens is 3. The number of nitrogens with zero attached hydrogens (tertiary/aromatic N) is 3. The number of aliphatic hydroxyl groups excluding tert-OH is 1.